The van der Waals surface area contributed by atoms with Gasteiger partial charge in [-0.25, -0.2) is 0 Å². The number of hydrogen-bond donors (Lipinski definition) is 1. The summed E-state index contributed by atoms with van der Waals surface area (Å²) in [5.74, 6) is 1.50. The average molecular weight is 342 g/mol. The second-order valence-electron chi connectivity index (χ2n) is 6.82. The molecule has 0 radical (unpaired) electrons. The maximum Gasteiger partial charge on any atom is 0.248 e. The van der Waals surface area contributed by atoms with Gasteiger partial charge in [-0.05, 0) is 37.5 Å². The van der Waals surface area contributed by atoms with Crippen LogP contribution in [0.3, 0.4) is 0 Å². The third-order valence-corrected chi connectivity index (χ3v) is 4.87. The molecule has 7 nitrogen and oxygen atoms in total. The Morgan fingerprint density at radius 2 is 2.08 bits per heavy atom. The third kappa shape index (κ3) is 3.43. The van der Waals surface area contributed by atoms with E-state index >= 15 is 0 Å². The summed E-state index contributed by atoms with van der Waals surface area (Å²) in [4.78, 5) is 18.1. The van der Waals surface area contributed by atoms with Crippen LogP contribution >= 0.6 is 0 Å². The fraction of sp³-hybridized carbons (Fsp3) is 0.500. The van der Waals surface area contributed by atoms with E-state index < -0.39 is 5.91 Å². The molecule has 1 aromatic carbocycles. The maximum atomic E-state index is 11.2. The molecule has 0 unspecified atom stereocenters. The molecule has 1 amide bonds. The van der Waals surface area contributed by atoms with E-state index in [1.807, 2.05) is 19.1 Å². The summed E-state index contributed by atoms with van der Waals surface area (Å²) in [6.07, 6.45) is 2.27. The lowest BCUT2D eigenvalue weighted by Gasteiger charge is -2.37. The number of ether oxygens (including phenoxy) is 1. The summed E-state index contributed by atoms with van der Waals surface area (Å²) in [5.41, 5.74) is 6.92. The molecule has 132 valence electrons. The van der Waals surface area contributed by atoms with Gasteiger partial charge in [-0.15, -0.1) is 0 Å². The minimum Gasteiger partial charge on any atom is -0.375 e. The van der Waals surface area contributed by atoms with Gasteiger partial charge in [-0.1, -0.05) is 17.3 Å². The van der Waals surface area contributed by atoms with Gasteiger partial charge in [-0.3, -0.25) is 9.69 Å². The molecule has 2 atom stereocenters. The number of nitrogens with zero attached hydrogens (tertiary/aromatic N) is 3. The SMILES string of the molecule is C[C@H]1OCCN(Cc2ccc(C(N)=O)cc2)[C@@H]1c1nc(C2CC2)no1. The Morgan fingerprint density at radius 3 is 2.76 bits per heavy atom. The lowest BCUT2D eigenvalue weighted by molar-refractivity contribution is -0.0763. The molecule has 2 aromatic rings. The minimum atomic E-state index is -0.414. The molecule has 2 aliphatic rings. The fourth-order valence-electron chi connectivity index (χ4n) is 3.30. The molecule has 1 saturated heterocycles. The third-order valence-electron chi connectivity index (χ3n) is 4.87. The smallest absolute Gasteiger partial charge is 0.248 e. The van der Waals surface area contributed by atoms with Crippen molar-refractivity contribution in [3.8, 4) is 0 Å². The highest BCUT2D eigenvalue weighted by Gasteiger charge is 2.37. The number of primary amides is 1. The van der Waals surface area contributed by atoms with Gasteiger partial charge in [0.1, 0.15) is 6.04 Å². The predicted molar refractivity (Wildman–Crippen MR) is 89.8 cm³/mol. The van der Waals surface area contributed by atoms with E-state index in [1.165, 1.54) is 0 Å². The summed E-state index contributed by atoms with van der Waals surface area (Å²) >= 11 is 0. The van der Waals surface area contributed by atoms with Crippen LogP contribution in [0.25, 0.3) is 0 Å². The molecule has 1 aliphatic heterocycles. The molecule has 1 aromatic heterocycles. The molecule has 4 rings (SSSR count). The number of rotatable bonds is 5. The van der Waals surface area contributed by atoms with Crippen LogP contribution in [0.2, 0.25) is 0 Å². The Labute approximate surface area is 146 Å². The van der Waals surface area contributed by atoms with Crippen LogP contribution in [0, 0.1) is 0 Å². The van der Waals surface area contributed by atoms with Crippen LogP contribution in [0.15, 0.2) is 28.8 Å². The maximum absolute atomic E-state index is 11.2. The van der Waals surface area contributed by atoms with Gasteiger partial charge in [-0.2, -0.15) is 4.98 Å². The summed E-state index contributed by atoms with van der Waals surface area (Å²) in [7, 11) is 0. The zero-order valence-electron chi connectivity index (χ0n) is 14.2. The Kier molecular flexibility index (Phi) is 4.27. The highest BCUT2D eigenvalue weighted by atomic mass is 16.5. The topological polar surface area (TPSA) is 94.5 Å². The first-order valence-electron chi connectivity index (χ1n) is 8.69. The normalized spacial score (nSPS) is 24.4. The standard InChI is InChI=1S/C18H22N4O3/c1-11-15(18-20-17(21-25-18)14-6-7-14)22(8-9-24-11)10-12-2-4-13(5-3-12)16(19)23/h2-5,11,14-15H,6-10H2,1H3,(H2,19,23)/t11-,15+/m1/s1. The number of nitrogens with two attached hydrogens (primary N) is 1. The van der Waals surface area contributed by atoms with Crippen LogP contribution in [0.4, 0.5) is 0 Å². The molecule has 7 heteroatoms. The Morgan fingerprint density at radius 1 is 1.32 bits per heavy atom. The largest absolute Gasteiger partial charge is 0.375 e. The van der Waals surface area contributed by atoms with E-state index in [1.54, 1.807) is 12.1 Å². The van der Waals surface area contributed by atoms with Crippen LogP contribution in [0.1, 0.15) is 59.4 Å². The molecule has 2 fully saturated rings. The molecular formula is C18H22N4O3. The van der Waals surface area contributed by atoms with Gasteiger partial charge in [0.15, 0.2) is 5.82 Å². The zero-order valence-corrected chi connectivity index (χ0v) is 14.2. The van der Waals surface area contributed by atoms with E-state index in [0.29, 0.717) is 24.0 Å². The van der Waals surface area contributed by atoms with Gasteiger partial charge < -0.3 is 15.0 Å². The highest BCUT2D eigenvalue weighted by molar-refractivity contribution is 5.92. The first-order chi connectivity index (χ1) is 12.1. The summed E-state index contributed by atoms with van der Waals surface area (Å²) in [6, 6.07) is 7.31. The van der Waals surface area contributed by atoms with E-state index in [4.69, 9.17) is 15.0 Å². The number of carbonyl (C=O) groups excluding carboxylic acids is 1. The van der Waals surface area contributed by atoms with Crippen molar-refractivity contribution in [3.05, 3.63) is 47.1 Å². The van der Waals surface area contributed by atoms with Gasteiger partial charge in [0.2, 0.25) is 11.8 Å². The summed E-state index contributed by atoms with van der Waals surface area (Å²) in [5, 5.41) is 4.14. The Hall–Kier alpha value is -2.25. The number of morpholine rings is 1. The summed E-state index contributed by atoms with van der Waals surface area (Å²) < 4.78 is 11.4. The number of aromatic nitrogens is 2. The molecule has 2 N–H and O–H groups in total. The Balaban J connectivity index is 1.53. The van der Waals surface area contributed by atoms with Crippen molar-refractivity contribution >= 4 is 5.91 Å². The molecule has 1 saturated carbocycles. The van der Waals surface area contributed by atoms with E-state index in [9.17, 15) is 4.79 Å². The molecule has 1 aliphatic carbocycles. The molecule has 0 bridgehead atoms. The van der Waals surface area contributed by atoms with E-state index in [0.717, 1.165) is 37.3 Å². The van der Waals surface area contributed by atoms with E-state index in [2.05, 4.69) is 15.0 Å². The fourth-order valence-corrected chi connectivity index (χ4v) is 3.30. The first-order valence-corrected chi connectivity index (χ1v) is 8.69. The van der Waals surface area contributed by atoms with Gasteiger partial charge in [0, 0.05) is 24.6 Å². The van der Waals surface area contributed by atoms with Gasteiger partial charge in [0.25, 0.3) is 0 Å². The van der Waals surface area contributed by atoms with Crippen LogP contribution < -0.4 is 5.73 Å². The Bertz CT molecular complexity index is 754. The van der Waals surface area contributed by atoms with Crippen molar-refractivity contribution in [3.63, 3.8) is 0 Å². The molecule has 25 heavy (non-hydrogen) atoms. The first kappa shape index (κ1) is 16.2. The van der Waals surface area contributed by atoms with Crippen molar-refractivity contribution in [2.75, 3.05) is 13.2 Å². The average Bonchev–Trinajstić information content (AvgIpc) is 3.34. The van der Waals surface area contributed by atoms with Crippen molar-refractivity contribution < 1.29 is 14.1 Å². The highest BCUT2D eigenvalue weighted by Crippen LogP contribution is 2.39. The minimum absolute atomic E-state index is 0.0221. The van der Waals surface area contributed by atoms with Gasteiger partial charge >= 0.3 is 0 Å². The molecular weight excluding hydrogens is 320 g/mol. The number of hydrogen-bond acceptors (Lipinski definition) is 6. The lowest BCUT2D eigenvalue weighted by atomic mass is 10.1. The molecule has 2 heterocycles. The number of benzene rings is 1. The van der Waals surface area contributed by atoms with Gasteiger partial charge in [0.05, 0.1) is 12.7 Å². The zero-order chi connectivity index (χ0) is 17.4. The number of amides is 1. The van der Waals surface area contributed by atoms with Crippen LogP contribution in [-0.2, 0) is 11.3 Å². The van der Waals surface area contributed by atoms with Crippen LogP contribution in [-0.4, -0.2) is 40.2 Å². The second kappa shape index (κ2) is 6.57. The van der Waals surface area contributed by atoms with Crippen molar-refractivity contribution in [2.45, 2.75) is 44.4 Å². The van der Waals surface area contributed by atoms with Crippen molar-refractivity contribution in [1.29, 1.82) is 0 Å². The monoisotopic (exact) mass is 342 g/mol. The molecule has 0 spiro atoms. The van der Waals surface area contributed by atoms with Crippen LogP contribution in [0.5, 0.6) is 0 Å². The van der Waals surface area contributed by atoms with Crippen molar-refractivity contribution in [2.24, 2.45) is 5.73 Å². The number of carbonyl (C=O) groups is 1. The second-order valence-corrected chi connectivity index (χ2v) is 6.82. The van der Waals surface area contributed by atoms with E-state index in [-0.39, 0.29) is 12.1 Å². The predicted octanol–water partition coefficient (Wildman–Crippen LogP) is 2.01. The quantitative estimate of drug-likeness (QED) is 0.893. The summed E-state index contributed by atoms with van der Waals surface area (Å²) in [6.45, 7) is 4.21. The van der Waals surface area contributed by atoms with Crippen molar-refractivity contribution in [1.82, 2.24) is 15.0 Å². The lowest BCUT2D eigenvalue weighted by Crippen LogP contribution is -2.43.